The van der Waals surface area contributed by atoms with Crippen molar-refractivity contribution in [2.75, 3.05) is 19.6 Å². The van der Waals surface area contributed by atoms with Gasteiger partial charge in [0.2, 0.25) is 0 Å². The first-order chi connectivity index (χ1) is 9.06. The van der Waals surface area contributed by atoms with Gasteiger partial charge in [0.15, 0.2) is 11.6 Å². The average molecular weight is 272 g/mol. The van der Waals surface area contributed by atoms with Crippen LogP contribution >= 0.6 is 0 Å². The molecule has 19 heavy (non-hydrogen) atoms. The van der Waals surface area contributed by atoms with Crippen molar-refractivity contribution in [2.45, 2.75) is 25.8 Å². The molecular weight excluding hydrogens is 253 g/mol. The van der Waals surface area contributed by atoms with Gasteiger partial charge in [-0.25, -0.2) is 13.2 Å². The van der Waals surface area contributed by atoms with Gasteiger partial charge >= 0.3 is 0 Å². The highest BCUT2D eigenvalue weighted by atomic mass is 19.2. The van der Waals surface area contributed by atoms with Crippen LogP contribution in [0.2, 0.25) is 0 Å². The molecule has 2 atom stereocenters. The summed E-state index contributed by atoms with van der Waals surface area (Å²) in [5.41, 5.74) is 5.86. The van der Waals surface area contributed by atoms with Crippen LogP contribution in [-0.4, -0.2) is 24.5 Å². The Morgan fingerprint density at radius 2 is 1.95 bits per heavy atom. The summed E-state index contributed by atoms with van der Waals surface area (Å²) < 4.78 is 40.1. The maximum atomic E-state index is 13.8. The van der Waals surface area contributed by atoms with Crippen LogP contribution in [0.15, 0.2) is 12.1 Å². The van der Waals surface area contributed by atoms with Gasteiger partial charge < -0.3 is 5.73 Å². The van der Waals surface area contributed by atoms with Crippen LogP contribution in [0.5, 0.6) is 0 Å². The van der Waals surface area contributed by atoms with E-state index in [1.54, 1.807) is 0 Å². The van der Waals surface area contributed by atoms with Gasteiger partial charge in [-0.1, -0.05) is 13.3 Å². The molecule has 1 aromatic carbocycles. The number of nitrogens with zero attached hydrogens (tertiary/aromatic N) is 1. The predicted molar refractivity (Wildman–Crippen MR) is 68.1 cm³/mol. The zero-order chi connectivity index (χ0) is 14.0. The van der Waals surface area contributed by atoms with Crippen LogP contribution < -0.4 is 5.73 Å². The van der Waals surface area contributed by atoms with E-state index in [4.69, 9.17) is 5.73 Å². The zero-order valence-corrected chi connectivity index (χ0v) is 11.0. The second kappa shape index (κ2) is 5.92. The van der Waals surface area contributed by atoms with E-state index in [1.165, 1.54) is 0 Å². The number of halogens is 3. The Kier molecular flexibility index (Phi) is 4.47. The quantitative estimate of drug-likeness (QED) is 0.854. The van der Waals surface area contributed by atoms with Gasteiger partial charge in [-0.3, -0.25) is 4.90 Å². The fourth-order valence-electron chi connectivity index (χ4n) is 2.74. The Bertz CT molecular complexity index is 451. The van der Waals surface area contributed by atoms with Crippen LogP contribution in [0.3, 0.4) is 0 Å². The third-order valence-corrected chi connectivity index (χ3v) is 3.96. The molecule has 0 saturated carbocycles. The Morgan fingerprint density at radius 1 is 1.26 bits per heavy atom. The fraction of sp³-hybridized carbons (Fsp3) is 0.571. The lowest BCUT2D eigenvalue weighted by Crippen LogP contribution is -2.33. The normalized spacial score (nSPS) is 21.8. The lowest BCUT2D eigenvalue weighted by molar-refractivity contribution is 0.235. The largest absolute Gasteiger partial charge is 0.329 e. The predicted octanol–water partition coefficient (Wildman–Crippen LogP) is 2.84. The minimum absolute atomic E-state index is 0.151. The standard InChI is InChI=1S/C14H19F3N2/c1-2-9-3-4-19(8-9)14(7-18)10-5-12(16)13(17)6-11(10)15/h5-6,9,14H,2-4,7-8,18H2,1H3. The summed E-state index contributed by atoms with van der Waals surface area (Å²) >= 11 is 0. The molecule has 0 amide bonds. The summed E-state index contributed by atoms with van der Waals surface area (Å²) in [5, 5.41) is 0. The molecule has 2 rings (SSSR count). The zero-order valence-electron chi connectivity index (χ0n) is 11.0. The van der Waals surface area contributed by atoms with E-state index in [2.05, 4.69) is 11.8 Å². The highest BCUT2D eigenvalue weighted by Gasteiger charge is 2.29. The lowest BCUT2D eigenvalue weighted by atomic mass is 10.0. The molecular formula is C14H19F3N2. The number of hydrogen-bond acceptors (Lipinski definition) is 2. The van der Waals surface area contributed by atoms with E-state index in [-0.39, 0.29) is 18.2 Å². The minimum atomic E-state index is -1.16. The summed E-state index contributed by atoms with van der Waals surface area (Å²) in [4.78, 5) is 2.06. The Morgan fingerprint density at radius 3 is 2.53 bits per heavy atom. The molecule has 2 unspecified atom stereocenters. The summed E-state index contributed by atoms with van der Waals surface area (Å²) in [5.74, 6) is -2.34. The smallest absolute Gasteiger partial charge is 0.161 e. The Hall–Kier alpha value is -1.07. The van der Waals surface area contributed by atoms with E-state index >= 15 is 0 Å². The first-order valence-electron chi connectivity index (χ1n) is 6.65. The van der Waals surface area contributed by atoms with Crippen molar-refractivity contribution in [2.24, 2.45) is 11.7 Å². The fourth-order valence-corrected chi connectivity index (χ4v) is 2.74. The molecule has 1 aromatic rings. The van der Waals surface area contributed by atoms with Gasteiger partial charge in [0.1, 0.15) is 5.82 Å². The van der Waals surface area contributed by atoms with Crippen molar-refractivity contribution in [3.63, 3.8) is 0 Å². The summed E-state index contributed by atoms with van der Waals surface area (Å²) in [7, 11) is 0. The molecule has 1 heterocycles. The summed E-state index contributed by atoms with van der Waals surface area (Å²) in [6.07, 6.45) is 2.10. The summed E-state index contributed by atoms with van der Waals surface area (Å²) in [6, 6.07) is 1.15. The van der Waals surface area contributed by atoms with Gasteiger partial charge in [-0.2, -0.15) is 0 Å². The van der Waals surface area contributed by atoms with Gasteiger partial charge in [0.05, 0.1) is 6.04 Å². The molecule has 0 aromatic heterocycles. The van der Waals surface area contributed by atoms with Crippen molar-refractivity contribution in [3.05, 3.63) is 35.1 Å². The van der Waals surface area contributed by atoms with Crippen molar-refractivity contribution in [1.29, 1.82) is 0 Å². The average Bonchev–Trinajstić information content (AvgIpc) is 2.85. The lowest BCUT2D eigenvalue weighted by Gasteiger charge is -2.27. The first-order valence-corrected chi connectivity index (χ1v) is 6.65. The Labute approximate surface area is 111 Å². The molecule has 0 aliphatic carbocycles. The van der Waals surface area contributed by atoms with Gasteiger partial charge in [0, 0.05) is 24.7 Å². The molecule has 1 fully saturated rings. The van der Waals surface area contributed by atoms with Crippen molar-refractivity contribution in [3.8, 4) is 0 Å². The number of hydrogen-bond donors (Lipinski definition) is 1. The molecule has 1 aliphatic rings. The first kappa shape index (κ1) is 14.3. The molecule has 1 aliphatic heterocycles. The maximum Gasteiger partial charge on any atom is 0.161 e. The molecule has 0 spiro atoms. The van der Waals surface area contributed by atoms with Crippen LogP contribution in [-0.2, 0) is 0 Å². The van der Waals surface area contributed by atoms with E-state index in [0.29, 0.717) is 12.0 Å². The SMILES string of the molecule is CCC1CCN(C(CN)c2cc(F)c(F)cc2F)C1. The van der Waals surface area contributed by atoms with Crippen molar-refractivity contribution >= 4 is 0 Å². The number of nitrogens with two attached hydrogens (primary N) is 1. The van der Waals surface area contributed by atoms with Crippen LogP contribution in [0, 0.1) is 23.4 Å². The molecule has 1 saturated heterocycles. The van der Waals surface area contributed by atoms with Crippen molar-refractivity contribution in [1.82, 2.24) is 4.90 Å². The number of benzene rings is 1. The maximum absolute atomic E-state index is 13.8. The Balaban J connectivity index is 2.25. The molecule has 2 nitrogen and oxygen atoms in total. The monoisotopic (exact) mass is 272 g/mol. The number of rotatable bonds is 4. The third-order valence-electron chi connectivity index (χ3n) is 3.96. The van der Waals surface area contributed by atoms with Crippen LogP contribution in [0.4, 0.5) is 13.2 Å². The molecule has 0 bridgehead atoms. The van der Waals surface area contributed by atoms with Gasteiger partial charge in [-0.15, -0.1) is 0 Å². The third kappa shape index (κ3) is 2.92. The highest BCUT2D eigenvalue weighted by molar-refractivity contribution is 5.24. The van der Waals surface area contributed by atoms with E-state index in [1.807, 2.05) is 0 Å². The molecule has 0 radical (unpaired) electrons. The summed E-state index contributed by atoms with van der Waals surface area (Å²) in [6.45, 7) is 3.96. The minimum Gasteiger partial charge on any atom is -0.329 e. The van der Waals surface area contributed by atoms with E-state index in [9.17, 15) is 13.2 Å². The second-order valence-corrected chi connectivity index (χ2v) is 5.10. The second-order valence-electron chi connectivity index (χ2n) is 5.10. The van der Waals surface area contributed by atoms with Crippen molar-refractivity contribution < 1.29 is 13.2 Å². The molecule has 5 heteroatoms. The van der Waals surface area contributed by atoms with Crippen LogP contribution in [0.25, 0.3) is 0 Å². The van der Waals surface area contributed by atoms with E-state index in [0.717, 1.165) is 32.0 Å². The van der Waals surface area contributed by atoms with Gasteiger partial charge in [-0.05, 0) is 24.9 Å². The topological polar surface area (TPSA) is 29.3 Å². The van der Waals surface area contributed by atoms with E-state index < -0.39 is 17.5 Å². The van der Waals surface area contributed by atoms with Crippen LogP contribution in [0.1, 0.15) is 31.4 Å². The highest BCUT2D eigenvalue weighted by Crippen LogP contribution is 2.30. The van der Waals surface area contributed by atoms with Gasteiger partial charge in [0.25, 0.3) is 0 Å². The molecule has 2 N–H and O–H groups in total. The molecule has 106 valence electrons. The number of likely N-dealkylation sites (tertiary alicyclic amines) is 1.